The Kier molecular flexibility index (Phi) is 11.7. The minimum atomic E-state index is -4.26. The van der Waals surface area contributed by atoms with Crippen LogP contribution in [0.25, 0.3) is 0 Å². The summed E-state index contributed by atoms with van der Waals surface area (Å²) in [5, 5.41) is 2.92. The third kappa shape index (κ3) is 8.69. The number of halogens is 1. The molecule has 236 valence electrons. The first-order chi connectivity index (χ1) is 21.7. The molecule has 0 aromatic heterocycles. The molecule has 4 rings (SSSR count). The topological polar surface area (TPSA) is 96.0 Å². The van der Waals surface area contributed by atoms with E-state index >= 15 is 4.39 Å². The second-order valence-electron chi connectivity index (χ2n) is 10.5. The van der Waals surface area contributed by atoms with E-state index in [4.69, 9.17) is 4.74 Å². The van der Waals surface area contributed by atoms with Gasteiger partial charge in [0.25, 0.3) is 10.0 Å². The molecule has 0 aliphatic carbocycles. The fourth-order valence-electron chi connectivity index (χ4n) is 4.88. The van der Waals surface area contributed by atoms with E-state index in [1.54, 1.807) is 54.6 Å². The number of nitrogens with zero attached hydrogens (tertiary/aromatic N) is 2. The van der Waals surface area contributed by atoms with Gasteiger partial charge in [0.05, 0.1) is 17.7 Å². The maximum absolute atomic E-state index is 15.0. The Morgan fingerprint density at radius 3 is 2.22 bits per heavy atom. The third-order valence-corrected chi connectivity index (χ3v) is 9.14. The summed E-state index contributed by atoms with van der Waals surface area (Å²) in [4.78, 5) is 29.4. The zero-order valence-corrected chi connectivity index (χ0v) is 26.3. The second-order valence-corrected chi connectivity index (χ2v) is 12.4. The van der Waals surface area contributed by atoms with Gasteiger partial charge in [-0.2, -0.15) is 0 Å². The standard InChI is InChI=1S/C35H38FN3O5S/c1-3-4-22-37-35(41)33(23-27-14-7-5-8-15-27)38(25-28-16-11-12-21-32(28)36)34(40)26-39(29-17-13-18-30(24-29)44-2)45(42,43)31-19-9-6-10-20-31/h5-21,24,33H,3-4,22-23,25-26H2,1-2H3,(H,37,41)/t33-/m1/s1. The lowest BCUT2D eigenvalue weighted by Crippen LogP contribution is -2.53. The van der Waals surface area contributed by atoms with Crippen molar-refractivity contribution in [3.8, 4) is 5.75 Å². The molecule has 0 aliphatic heterocycles. The molecule has 1 atom stereocenters. The van der Waals surface area contributed by atoms with Gasteiger partial charge in [0.1, 0.15) is 24.2 Å². The van der Waals surface area contributed by atoms with Crippen LogP contribution >= 0.6 is 0 Å². The number of hydrogen-bond donors (Lipinski definition) is 1. The number of nitrogens with one attached hydrogen (secondary N) is 1. The number of amides is 2. The van der Waals surface area contributed by atoms with Crippen molar-refractivity contribution in [3.63, 3.8) is 0 Å². The lowest BCUT2D eigenvalue weighted by Gasteiger charge is -2.34. The van der Waals surface area contributed by atoms with Crippen LogP contribution in [0.1, 0.15) is 30.9 Å². The van der Waals surface area contributed by atoms with Crippen molar-refractivity contribution < 1.29 is 27.1 Å². The number of anilines is 1. The molecule has 0 aliphatic rings. The van der Waals surface area contributed by atoms with Gasteiger partial charge in [0.15, 0.2) is 0 Å². The molecule has 0 unspecified atom stereocenters. The molecule has 0 bridgehead atoms. The molecule has 4 aromatic carbocycles. The van der Waals surface area contributed by atoms with Crippen LogP contribution in [0.4, 0.5) is 10.1 Å². The van der Waals surface area contributed by atoms with Crippen molar-refractivity contribution in [3.05, 3.63) is 126 Å². The SMILES string of the molecule is CCCCNC(=O)[C@@H](Cc1ccccc1)N(Cc1ccccc1F)C(=O)CN(c1cccc(OC)c1)S(=O)(=O)c1ccccc1. The quantitative estimate of drug-likeness (QED) is 0.173. The summed E-state index contributed by atoms with van der Waals surface area (Å²) in [5.41, 5.74) is 1.19. The van der Waals surface area contributed by atoms with Gasteiger partial charge in [-0.25, -0.2) is 12.8 Å². The predicted molar refractivity (Wildman–Crippen MR) is 173 cm³/mol. The van der Waals surface area contributed by atoms with Crippen LogP contribution < -0.4 is 14.4 Å². The maximum Gasteiger partial charge on any atom is 0.264 e. The normalized spacial score (nSPS) is 11.8. The molecular weight excluding hydrogens is 593 g/mol. The molecule has 2 amide bonds. The molecule has 0 spiro atoms. The number of carbonyl (C=O) groups is 2. The fourth-order valence-corrected chi connectivity index (χ4v) is 6.31. The number of hydrogen-bond acceptors (Lipinski definition) is 5. The summed E-state index contributed by atoms with van der Waals surface area (Å²) >= 11 is 0. The Morgan fingerprint density at radius 2 is 1.56 bits per heavy atom. The maximum atomic E-state index is 15.0. The Balaban J connectivity index is 1.80. The highest BCUT2D eigenvalue weighted by atomic mass is 32.2. The molecule has 0 saturated carbocycles. The van der Waals surface area contributed by atoms with E-state index in [9.17, 15) is 18.0 Å². The summed E-state index contributed by atoms with van der Waals surface area (Å²) in [7, 11) is -2.80. The van der Waals surface area contributed by atoms with Gasteiger partial charge in [-0.1, -0.05) is 86.1 Å². The fraction of sp³-hybridized carbons (Fsp3) is 0.257. The van der Waals surface area contributed by atoms with Crippen LogP contribution in [0.5, 0.6) is 5.75 Å². The minimum absolute atomic E-state index is 0.0144. The van der Waals surface area contributed by atoms with E-state index in [1.807, 2.05) is 37.3 Å². The van der Waals surface area contributed by atoms with Crippen molar-refractivity contribution >= 4 is 27.5 Å². The number of benzene rings is 4. The third-order valence-electron chi connectivity index (χ3n) is 7.35. The monoisotopic (exact) mass is 631 g/mol. The smallest absolute Gasteiger partial charge is 0.264 e. The lowest BCUT2D eigenvalue weighted by atomic mass is 10.0. The summed E-state index contributed by atoms with van der Waals surface area (Å²) in [6.07, 6.45) is 1.74. The molecule has 45 heavy (non-hydrogen) atoms. The van der Waals surface area contributed by atoms with Gasteiger partial charge in [0, 0.05) is 31.1 Å². The van der Waals surface area contributed by atoms with Crippen molar-refractivity contribution in [1.29, 1.82) is 0 Å². The van der Waals surface area contributed by atoms with Crippen molar-refractivity contribution in [1.82, 2.24) is 10.2 Å². The predicted octanol–water partition coefficient (Wildman–Crippen LogP) is 5.59. The average Bonchev–Trinajstić information content (AvgIpc) is 3.06. The van der Waals surface area contributed by atoms with E-state index in [2.05, 4.69) is 5.32 Å². The van der Waals surface area contributed by atoms with Gasteiger partial charge in [-0.3, -0.25) is 13.9 Å². The van der Waals surface area contributed by atoms with Gasteiger partial charge in [0.2, 0.25) is 11.8 Å². The van der Waals surface area contributed by atoms with E-state index in [0.717, 1.165) is 22.7 Å². The van der Waals surface area contributed by atoms with Gasteiger partial charge in [-0.15, -0.1) is 0 Å². The average molecular weight is 632 g/mol. The van der Waals surface area contributed by atoms with Crippen LogP contribution in [0.2, 0.25) is 0 Å². The van der Waals surface area contributed by atoms with Crippen LogP contribution in [0, 0.1) is 5.82 Å². The molecule has 10 heteroatoms. The van der Waals surface area contributed by atoms with E-state index < -0.39 is 40.2 Å². The summed E-state index contributed by atoms with van der Waals surface area (Å²) in [6, 6.07) is 28.4. The molecule has 0 radical (unpaired) electrons. The minimum Gasteiger partial charge on any atom is -0.497 e. The second kappa shape index (κ2) is 15.9. The van der Waals surface area contributed by atoms with E-state index in [0.29, 0.717) is 12.3 Å². The lowest BCUT2D eigenvalue weighted by molar-refractivity contribution is -0.140. The Hall–Kier alpha value is -4.70. The van der Waals surface area contributed by atoms with Crippen LogP contribution in [-0.2, 0) is 32.6 Å². The van der Waals surface area contributed by atoms with Crippen LogP contribution in [0.3, 0.4) is 0 Å². The van der Waals surface area contributed by atoms with E-state index in [-0.39, 0.29) is 29.1 Å². The summed E-state index contributed by atoms with van der Waals surface area (Å²) in [5.74, 6) is -1.22. The zero-order chi connectivity index (χ0) is 32.2. The highest BCUT2D eigenvalue weighted by Crippen LogP contribution is 2.28. The number of carbonyl (C=O) groups excluding carboxylic acids is 2. The van der Waals surface area contributed by atoms with Crippen molar-refractivity contribution in [2.24, 2.45) is 0 Å². The molecule has 0 heterocycles. The molecular formula is C35H38FN3O5S. The summed E-state index contributed by atoms with van der Waals surface area (Å²) in [6.45, 7) is 1.51. The Bertz CT molecular complexity index is 1670. The molecule has 1 N–H and O–H groups in total. The highest BCUT2D eigenvalue weighted by molar-refractivity contribution is 7.92. The number of rotatable bonds is 15. The largest absolute Gasteiger partial charge is 0.497 e. The van der Waals surface area contributed by atoms with Crippen molar-refractivity contribution in [2.45, 2.75) is 43.7 Å². The number of sulfonamides is 1. The highest BCUT2D eigenvalue weighted by Gasteiger charge is 2.35. The number of unbranched alkanes of at least 4 members (excludes halogenated alkanes) is 1. The Labute approximate surface area is 264 Å². The Morgan fingerprint density at radius 1 is 0.889 bits per heavy atom. The first kappa shape index (κ1) is 33.2. The molecule has 8 nitrogen and oxygen atoms in total. The van der Waals surface area contributed by atoms with Gasteiger partial charge < -0.3 is 15.0 Å². The van der Waals surface area contributed by atoms with Crippen LogP contribution in [-0.4, -0.2) is 51.4 Å². The van der Waals surface area contributed by atoms with Gasteiger partial charge in [-0.05, 0) is 42.3 Å². The molecule has 0 saturated heterocycles. The van der Waals surface area contributed by atoms with Crippen LogP contribution in [0.15, 0.2) is 114 Å². The zero-order valence-electron chi connectivity index (χ0n) is 25.4. The number of ether oxygens (including phenoxy) is 1. The summed E-state index contributed by atoms with van der Waals surface area (Å²) < 4.78 is 49.4. The first-order valence-electron chi connectivity index (χ1n) is 14.8. The van der Waals surface area contributed by atoms with E-state index in [1.165, 1.54) is 36.3 Å². The first-order valence-corrected chi connectivity index (χ1v) is 16.2. The molecule has 4 aromatic rings. The number of methoxy groups -OCH3 is 1. The van der Waals surface area contributed by atoms with Crippen molar-refractivity contribution in [2.75, 3.05) is 24.5 Å². The van der Waals surface area contributed by atoms with Gasteiger partial charge >= 0.3 is 0 Å². The molecule has 0 fully saturated rings.